The van der Waals surface area contributed by atoms with Gasteiger partial charge in [0.15, 0.2) is 0 Å². The average Bonchev–Trinajstić information content (AvgIpc) is 2.54. The third-order valence-corrected chi connectivity index (χ3v) is 3.17. The first-order chi connectivity index (χ1) is 9.28. The van der Waals surface area contributed by atoms with E-state index < -0.39 is 31.3 Å². The minimum absolute atomic E-state index is 0.172. The molecule has 0 bridgehead atoms. The molecule has 0 unspecified atom stereocenters. The van der Waals surface area contributed by atoms with Gasteiger partial charge in [0.05, 0.1) is 0 Å². The lowest BCUT2D eigenvalue weighted by Crippen LogP contribution is -2.49. The van der Waals surface area contributed by atoms with Crippen molar-refractivity contribution in [1.29, 1.82) is 0 Å². The van der Waals surface area contributed by atoms with Crippen LogP contribution in [0, 0.1) is 0 Å². The molecule has 0 atom stereocenters. The molecule has 0 saturated heterocycles. The summed E-state index contributed by atoms with van der Waals surface area (Å²) >= 11 is 0. The van der Waals surface area contributed by atoms with Crippen molar-refractivity contribution in [1.82, 2.24) is 10.2 Å². The normalized spacial score (nSPS) is 17.4. The number of alkyl halides is 3. The van der Waals surface area contributed by atoms with Crippen LogP contribution in [0.1, 0.15) is 38.5 Å². The molecule has 2 N–H and O–H groups in total. The van der Waals surface area contributed by atoms with Gasteiger partial charge in [-0.15, -0.1) is 0 Å². The summed E-state index contributed by atoms with van der Waals surface area (Å²) in [6.45, 7) is -2.52. The predicted molar refractivity (Wildman–Crippen MR) is 65.3 cm³/mol. The van der Waals surface area contributed by atoms with Crippen LogP contribution < -0.4 is 5.32 Å². The summed E-state index contributed by atoms with van der Waals surface area (Å²) in [6.07, 6.45) is 0.765. The number of carbonyl (C=O) groups excluding carboxylic acids is 1. The number of hydrogen-bond acceptors (Lipinski definition) is 2. The van der Waals surface area contributed by atoms with Crippen LogP contribution in [0.25, 0.3) is 0 Å². The summed E-state index contributed by atoms with van der Waals surface area (Å²) in [5.41, 5.74) is 0. The van der Waals surface area contributed by atoms with E-state index in [2.05, 4.69) is 5.32 Å². The van der Waals surface area contributed by atoms with Gasteiger partial charge in [0.1, 0.15) is 13.1 Å². The minimum Gasteiger partial charge on any atom is -0.480 e. The Kier molecular flexibility index (Phi) is 6.09. The zero-order valence-corrected chi connectivity index (χ0v) is 11.1. The number of nitrogens with zero attached hydrogens (tertiary/aromatic N) is 1. The molecule has 0 aromatic rings. The number of rotatable bonds is 4. The van der Waals surface area contributed by atoms with E-state index in [9.17, 15) is 22.8 Å². The Balaban J connectivity index is 2.59. The summed E-state index contributed by atoms with van der Waals surface area (Å²) in [5.74, 6) is -1.47. The van der Waals surface area contributed by atoms with Crippen LogP contribution in [0.3, 0.4) is 0 Å². The second-order valence-corrected chi connectivity index (χ2v) is 5.00. The Morgan fingerprint density at radius 3 is 2.15 bits per heavy atom. The summed E-state index contributed by atoms with van der Waals surface area (Å²) in [5, 5.41) is 11.1. The van der Waals surface area contributed by atoms with Crippen molar-refractivity contribution in [2.24, 2.45) is 0 Å². The fraction of sp³-hybridized carbons (Fsp3) is 0.833. The number of aliphatic carboxylic acids is 1. The molecular formula is C12H19F3N2O3. The molecule has 1 fully saturated rings. The zero-order valence-electron chi connectivity index (χ0n) is 11.1. The molecule has 0 heterocycles. The van der Waals surface area contributed by atoms with Crippen LogP contribution in [0.15, 0.2) is 0 Å². The molecule has 0 spiro atoms. The Morgan fingerprint density at radius 2 is 1.70 bits per heavy atom. The van der Waals surface area contributed by atoms with Gasteiger partial charge in [-0.2, -0.15) is 13.2 Å². The van der Waals surface area contributed by atoms with E-state index >= 15 is 0 Å². The predicted octanol–water partition coefficient (Wildman–Crippen LogP) is 2.37. The molecule has 1 aliphatic carbocycles. The molecule has 0 aromatic carbocycles. The molecule has 0 aromatic heterocycles. The maximum absolute atomic E-state index is 12.3. The molecule has 0 radical (unpaired) electrons. The first-order valence-corrected chi connectivity index (χ1v) is 6.62. The van der Waals surface area contributed by atoms with E-state index in [1.165, 1.54) is 0 Å². The number of carbonyl (C=O) groups is 2. The largest absolute Gasteiger partial charge is 0.480 e. The number of carboxylic acid groups (broad SMARTS) is 1. The van der Waals surface area contributed by atoms with Crippen LogP contribution in [-0.2, 0) is 4.79 Å². The molecule has 116 valence electrons. The number of carboxylic acids is 1. The number of urea groups is 1. The van der Waals surface area contributed by atoms with Gasteiger partial charge in [0.25, 0.3) is 0 Å². The highest BCUT2D eigenvalue weighted by Crippen LogP contribution is 2.19. The number of halogens is 3. The number of nitrogens with one attached hydrogen (secondary N) is 1. The summed E-state index contributed by atoms with van der Waals surface area (Å²) in [7, 11) is 0. The fourth-order valence-electron chi connectivity index (χ4n) is 2.27. The minimum atomic E-state index is -4.61. The average molecular weight is 296 g/mol. The highest BCUT2D eigenvalue weighted by Gasteiger charge is 2.34. The maximum Gasteiger partial charge on any atom is 0.406 e. The smallest absolute Gasteiger partial charge is 0.406 e. The summed E-state index contributed by atoms with van der Waals surface area (Å²) < 4.78 is 37.0. The van der Waals surface area contributed by atoms with Crippen LogP contribution in [0.5, 0.6) is 0 Å². The van der Waals surface area contributed by atoms with Crippen molar-refractivity contribution in [3.8, 4) is 0 Å². The summed E-state index contributed by atoms with van der Waals surface area (Å²) in [6, 6.07) is -1.13. The standard InChI is InChI=1S/C12H19F3N2O3/c13-12(14,15)8-17(7-10(18)19)11(20)16-9-5-3-1-2-4-6-9/h9H,1-8H2,(H,16,20)(H,18,19). The molecule has 0 aliphatic heterocycles. The van der Waals surface area contributed by atoms with Crippen LogP contribution >= 0.6 is 0 Å². The monoisotopic (exact) mass is 296 g/mol. The second-order valence-electron chi connectivity index (χ2n) is 5.00. The van der Waals surface area contributed by atoms with Crippen LogP contribution in [-0.4, -0.2) is 47.3 Å². The highest BCUT2D eigenvalue weighted by molar-refractivity contribution is 5.80. The third-order valence-electron chi connectivity index (χ3n) is 3.17. The molecule has 1 rings (SSSR count). The highest BCUT2D eigenvalue weighted by atomic mass is 19.4. The van der Waals surface area contributed by atoms with Crippen molar-refractivity contribution < 1.29 is 27.9 Å². The van der Waals surface area contributed by atoms with E-state index in [0.29, 0.717) is 0 Å². The Bertz CT molecular complexity index is 339. The lowest BCUT2D eigenvalue weighted by atomic mass is 10.1. The second kappa shape index (κ2) is 7.35. The van der Waals surface area contributed by atoms with Crippen molar-refractivity contribution in [3.05, 3.63) is 0 Å². The van der Waals surface area contributed by atoms with Gasteiger partial charge in [0, 0.05) is 6.04 Å². The van der Waals surface area contributed by atoms with E-state index in [-0.39, 0.29) is 10.9 Å². The van der Waals surface area contributed by atoms with Crippen molar-refractivity contribution in [2.45, 2.75) is 50.7 Å². The Labute approximate surface area is 115 Å². The summed E-state index contributed by atoms with van der Waals surface area (Å²) in [4.78, 5) is 22.6. The lowest BCUT2D eigenvalue weighted by molar-refractivity contribution is -0.149. The lowest BCUT2D eigenvalue weighted by Gasteiger charge is -2.25. The molecule has 1 aliphatic rings. The van der Waals surface area contributed by atoms with Gasteiger partial charge in [-0.1, -0.05) is 25.7 Å². The quantitative estimate of drug-likeness (QED) is 0.782. The fourth-order valence-corrected chi connectivity index (χ4v) is 2.27. The topological polar surface area (TPSA) is 69.6 Å². The van der Waals surface area contributed by atoms with Gasteiger partial charge < -0.3 is 15.3 Å². The Morgan fingerprint density at radius 1 is 1.15 bits per heavy atom. The van der Waals surface area contributed by atoms with Gasteiger partial charge in [0.2, 0.25) is 0 Å². The van der Waals surface area contributed by atoms with Gasteiger partial charge >= 0.3 is 18.2 Å². The van der Waals surface area contributed by atoms with Crippen molar-refractivity contribution in [3.63, 3.8) is 0 Å². The Hall–Kier alpha value is -1.47. The molecule has 5 nitrogen and oxygen atoms in total. The number of hydrogen-bond donors (Lipinski definition) is 2. The molecule has 2 amide bonds. The molecule has 1 saturated carbocycles. The van der Waals surface area contributed by atoms with Gasteiger partial charge in [-0.05, 0) is 12.8 Å². The van der Waals surface area contributed by atoms with Crippen molar-refractivity contribution >= 4 is 12.0 Å². The zero-order chi connectivity index (χ0) is 15.2. The SMILES string of the molecule is O=C(O)CN(CC(F)(F)F)C(=O)NC1CCCCCC1. The van der Waals surface area contributed by atoms with E-state index in [4.69, 9.17) is 5.11 Å². The number of amides is 2. The van der Waals surface area contributed by atoms with Gasteiger partial charge in [-0.25, -0.2) is 4.79 Å². The third kappa shape index (κ3) is 6.63. The van der Waals surface area contributed by atoms with Crippen LogP contribution in [0.4, 0.5) is 18.0 Å². The van der Waals surface area contributed by atoms with Gasteiger partial charge in [-0.3, -0.25) is 4.79 Å². The first-order valence-electron chi connectivity index (χ1n) is 6.62. The van der Waals surface area contributed by atoms with E-state index in [1.807, 2.05) is 0 Å². The molecule has 8 heteroatoms. The molecular weight excluding hydrogens is 277 g/mol. The van der Waals surface area contributed by atoms with E-state index in [1.54, 1.807) is 0 Å². The van der Waals surface area contributed by atoms with Crippen LogP contribution in [0.2, 0.25) is 0 Å². The first kappa shape index (κ1) is 16.6. The van der Waals surface area contributed by atoms with E-state index in [0.717, 1.165) is 38.5 Å². The van der Waals surface area contributed by atoms with Crippen molar-refractivity contribution in [2.75, 3.05) is 13.1 Å². The maximum atomic E-state index is 12.3. The molecule has 20 heavy (non-hydrogen) atoms.